The van der Waals surface area contributed by atoms with Crippen molar-refractivity contribution in [1.82, 2.24) is 0 Å². The molecule has 0 aliphatic heterocycles. The lowest BCUT2D eigenvalue weighted by atomic mass is 9.98. The van der Waals surface area contributed by atoms with E-state index in [0.29, 0.717) is 11.4 Å². The number of hydrogen-bond acceptors (Lipinski definition) is 4. The Labute approximate surface area is 96.4 Å². The van der Waals surface area contributed by atoms with Gasteiger partial charge in [0.1, 0.15) is 5.75 Å². The summed E-state index contributed by atoms with van der Waals surface area (Å²) in [5, 5.41) is 12.8. The first-order chi connectivity index (χ1) is 7.36. The monoisotopic (exact) mass is 224 g/mol. The molecule has 0 amide bonds. The molecular formula is C12H20N2O2. The number of rotatable bonds is 4. The number of anilines is 2. The molecule has 1 unspecified atom stereocenters. The van der Waals surface area contributed by atoms with Crippen molar-refractivity contribution >= 4 is 11.4 Å². The van der Waals surface area contributed by atoms with E-state index in [-0.39, 0.29) is 0 Å². The van der Waals surface area contributed by atoms with Gasteiger partial charge in [-0.1, -0.05) is 0 Å². The quantitative estimate of drug-likeness (QED) is 0.683. The highest BCUT2D eigenvalue weighted by Gasteiger charge is 2.23. The zero-order valence-corrected chi connectivity index (χ0v) is 10.2. The summed E-state index contributed by atoms with van der Waals surface area (Å²) in [5.41, 5.74) is 6.79. The van der Waals surface area contributed by atoms with Crippen molar-refractivity contribution in [2.24, 2.45) is 0 Å². The lowest BCUT2D eigenvalue weighted by Gasteiger charge is -2.30. The van der Waals surface area contributed by atoms with Crippen LogP contribution in [-0.4, -0.2) is 23.9 Å². The van der Waals surface area contributed by atoms with Gasteiger partial charge < -0.3 is 20.9 Å². The minimum absolute atomic E-state index is 0.402. The summed E-state index contributed by atoms with van der Waals surface area (Å²) in [5.74, 6) is 0.631. The zero-order valence-electron chi connectivity index (χ0n) is 10.2. The van der Waals surface area contributed by atoms with Crippen LogP contribution in [0.1, 0.15) is 20.8 Å². The van der Waals surface area contributed by atoms with Crippen LogP contribution in [0, 0.1) is 0 Å². The number of methoxy groups -OCH3 is 1. The van der Waals surface area contributed by atoms with Crippen LogP contribution in [0.4, 0.5) is 11.4 Å². The summed E-state index contributed by atoms with van der Waals surface area (Å²) < 4.78 is 5.13. The first-order valence-electron chi connectivity index (χ1n) is 5.26. The van der Waals surface area contributed by atoms with Crippen LogP contribution in [0.25, 0.3) is 0 Å². The zero-order chi connectivity index (χ0) is 12.3. The molecule has 90 valence electrons. The fraction of sp³-hybridized carbons (Fsp3) is 0.500. The van der Waals surface area contributed by atoms with Crippen molar-refractivity contribution in [3.05, 3.63) is 18.2 Å². The molecule has 0 heterocycles. The lowest BCUT2D eigenvalue weighted by molar-refractivity contribution is 0.133. The largest absolute Gasteiger partial charge is 0.495 e. The average Bonchev–Trinajstić information content (AvgIpc) is 2.20. The van der Waals surface area contributed by atoms with Crippen molar-refractivity contribution in [3.8, 4) is 5.75 Å². The summed E-state index contributed by atoms with van der Waals surface area (Å²) in [6, 6.07) is 5.46. The van der Waals surface area contributed by atoms with Crippen LogP contribution in [0.15, 0.2) is 18.2 Å². The molecule has 0 bridgehead atoms. The van der Waals surface area contributed by atoms with Gasteiger partial charge in [0.2, 0.25) is 0 Å². The van der Waals surface area contributed by atoms with E-state index in [2.05, 4.69) is 5.32 Å². The van der Waals surface area contributed by atoms with Gasteiger partial charge in [-0.2, -0.15) is 0 Å². The maximum Gasteiger partial charge on any atom is 0.143 e. The molecule has 1 aromatic rings. The van der Waals surface area contributed by atoms with E-state index < -0.39 is 11.6 Å². The first-order valence-corrected chi connectivity index (χ1v) is 5.26. The smallest absolute Gasteiger partial charge is 0.143 e. The van der Waals surface area contributed by atoms with E-state index in [4.69, 9.17) is 10.5 Å². The Morgan fingerprint density at radius 3 is 2.56 bits per heavy atom. The molecule has 1 rings (SSSR count). The van der Waals surface area contributed by atoms with Crippen LogP contribution in [0.5, 0.6) is 5.75 Å². The molecule has 4 heteroatoms. The minimum atomic E-state index is -0.462. The molecule has 0 saturated carbocycles. The first kappa shape index (κ1) is 12.6. The van der Waals surface area contributed by atoms with Gasteiger partial charge in [-0.05, 0) is 32.9 Å². The Kier molecular flexibility index (Phi) is 3.65. The van der Waals surface area contributed by atoms with Gasteiger partial charge in [0, 0.05) is 11.8 Å². The number of nitrogens with one attached hydrogen (secondary N) is 1. The summed E-state index contributed by atoms with van der Waals surface area (Å²) in [4.78, 5) is 0. The topological polar surface area (TPSA) is 67.5 Å². The van der Waals surface area contributed by atoms with Gasteiger partial charge in [0.25, 0.3) is 0 Å². The Morgan fingerprint density at radius 2 is 2.06 bits per heavy atom. The van der Waals surface area contributed by atoms with Crippen LogP contribution in [0.2, 0.25) is 0 Å². The molecule has 4 N–H and O–H groups in total. The number of benzene rings is 1. The number of nitrogens with two attached hydrogens (primary N) is 1. The Morgan fingerprint density at radius 1 is 1.44 bits per heavy atom. The van der Waals surface area contributed by atoms with Crippen molar-refractivity contribution in [3.63, 3.8) is 0 Å². The molecule has 0 aliphatic rings. The van der Waals surface area contributed by atoms with E-state index in [1.165, 1.54) is 0 Å². The third kappa shape index (κ3) is 2.79. The van der Waals surface area contributed by atoms with Crippen LogP contribution in [-0.2, 0) is 0 Å². The van der Waals surface area contributed by atoms with E-state index >= 15 is 0 Å². The summed E-state index contributed by atoms with van der Waals surface area (Å²) in [6.07, 6.45) is -0.462. The maximum absolute atomic E-state index is 9.60. The third-order valence-corrected chi connectivity index (χ3v) is 2.74. The lowest BCUT2D eigenvalue weighted by Crippen LogP contribution is -2.41. The van der Waals surface area contributed by atoms with E-state index in [9.17, 15) is 5.11 Å². The van der Waals surface area contributed by atoms with Gasteiger partial charge in [-0.3, -0.25) is 0 Å². The number of hydrogen-bond donors (Lipinski definition) is 3. The molecule has 0 aliphatic carbocycles. The number of ether oxygens (including phenoxy) is 1. The average molecular weight is 224 g/mol. The number of aliphatic hydroxyl groups excluding tert-OH is 1. The second-order valence-corrected chi connectivity index (χ2v) is 4.48. The molecule has 0 aromatic heterocycles. The summed E-state index contributed by atoms with van der Waals surface area (Å²) in [6.45, 7) is 5.61. The molecule has 0 fully saturated rings. The van der Waals surface area contributed by atoms with Crippen molar-refractivity contribution in [2.75, 3.05) is 18.2 Å². The van der Waals surface area contributed by atoms with Gasteiger partial charge in [-0.25, -0.2) is 0 Å². The minimum Gasteiger partial charge on any atom is -0.495 e. The van der Waals surface area contributed by atoms with E-state index in [0.717, 1.165) is 5.69 Å². The second-order valence-electron chi connectivity index (χ2n) is 4.48. The second kappa shape index (κ2) is 4.61. The molecule has 0 saturated heterocycles. The van der Waals surface area contributed by atoms with E-state index in [1.54, 1.807) is 20.1 Å². The predicted octanol–water partition coefficient (Wildman–Crippen LogP) is 1.85. The molecule has 1 aromatic carbocycles. The van der Waals surface area contributed by atoms with Gasteiger partial charge in [-0.15, -0.1) is 0 Å². The normalized spacial score (nSPS) is 13.3. The maximum atomic E-state index is 9.60. The molecule has 1 atom stereocenters. The van der Waals surface area contributed by atoms with Crippen LogP contribution < -0.4 is 15.8 Å². The Bertz CT molecular complexity index is 362. The van der Waals surface area contributed by atoms with Gasteiger partial charge >= 0.3 is 0 Å². The Hall–Kier alpha value is -1.42. The highest BCUT2D eigenvalue weighted by atomic mass is 16.5. The van der Waals surface area contributed by atoms with Crippen LogP contribution in [0.3, 0.4) is 0 Å². The standard InChI is InChI=1S/C12H20N2O2/c1-8(15)12(2,3)14-9-5-6-10(13)11(7-9)16-4/h5-8,14-15H,13H2,1-4H3. The van der Waals surface area contributed by atoms with Crippen LogP contribution >= 0.6 is 0 Å². The van der Waals surface area contributed by atoms with Crippen molar-refractivity contribution in [2.45, 2.75) is 32.4 Å². The van der Waals surface area contributed by atoms with Crippen molar-refractivity contribution < 1.29 is 9.84 Å². The predicted molar refractivity (Wildman–Crippen MR) is 66.8 cm³/mol. The third-order valence-electron chi connectivity index (χ3n) is 2.74. The van der Waals surface area contributed by atoms with Crippen molar-refractivity contribution in [1.29, 1.82) is 0 Å². The highest BCUT2D eigenvalue weighted by Crippen LogP contribution is 2.27. The van der Waals surface area contributed by atoms with Gasteiger partial charge in [0.05, 0.1) is 24.4 Å². The molecule has 0 spiro atoms. The number of aliphatic hydroxyl groups is 1. The summed E-state index contributed by atoms with van der Waals surface area (Å²) in [7, 11) is 1.58. The molecule has 4 nitrogen and oxygen atoms in total. The van der Waals surface area contributed by atoms with E-state index in [1.807, 2.05) is 26.0 Å². The fourth-order valence-electron chi connectivity index (χ4n) is 1.27. The van der Waals surface area contributed by atoms with Gasteiger partial charge in [0.15, 0.2) is 0 Å². The number of nitrogen functional groups attached to an aromatic ring is 1. The fourth-order valence-corrected chi connectivity index (χ4v) is 1.27. The SMILES string of the molecule is COc1cc(NC(C)(C)C(C)O)ccc1N. The molecule has 16 heavy (non-hydrogen) atoms. The highest BCUT2D eigenvalue weighted by molar-refractivity contribution is 5.62. The molecular weight excluding hydrogens is 204 g/mol. The summed E-state index contributed by atoms with van der Waals surface area (Å²) >= 11 is 0. The molecule has 0 radical (unpaired) electrons. The Balaban J connectivity index is 2.90.